The maximum Gasteiger partial charge on any atom is 0.410 e. The molecule has 0 aromatic rings. The highest BCUT2D eigenvalue weighted by Gasteiger charge is 2.34. The SMILES string of the molecule is CC(C)(C)OC(=O)N1CC(CN2CCN(CCOS(C)(=O)=O)CC2)C1. The maximum absolute atomic E-state index is 11.9. The molecule has 0 saturated carbocycles. The summed E-state index contributed by atoms with van der Waals surface area (Å²) >= 11 is 0. The van der Waals surface area contributed by atoms with Crippen molar-refractivity contribution >= 4 is 16.2 Å². The molecule has 2 fully saturated rings. The number of likely N-dealkylation sites (tertiary alicyclic amines) is 1. The van der Waals surface area contributed by atoms with Crippen molar-refractivity contribution in [3.8, 4) is 0 Å². The average molecular weight is 378 g/mol. The van der Waals surface area contributed by atoms with Gasteiger partial charge >= 0.3 is 6.09 Å². The Morgan fingerprint density at radius 2 is 1.64 bits per heavy atom. The Balaban J connectivity index is 1.58. The molecule has 0 bridgehead atoms. The summed E-state index contributed by atoms with van der Waals surface area (Å²) in [7, 11) is -3.35. The summed E-state index contributed by atoms with van der Waals surface area (Å²) in [5.41, 5.74) is -0.445. The fourth-order valence-corrected chi connectivity index (χ4v) is 3.42. The Hall–Kier alpha value is -0.900. The van der Waals surface area contributed by atoms with Crippen LogP contribution in [0, 0.1) is 5.92 Å². The highest BCUT2D eigenvalue weighted by molar-refractivity contribution is 7.85. The van der Waals surface area contributed by atoms with Crippen LogP contribution in [0.1, 0.15) is 20.8 Å². The van der Waals surface area contributed by atoms with E-state index in [2.05, 4.69) is 9.80 Å². The van der Waals surface area contributed by atoms with Crippen LogP contribution in [-0.2, 0) is 19.0 Å². The van der Waals surface area contributed by atoms with Crippen molar-refractivity contribution in [2.75, 3.05) is 65.2 Å². The zero-order chi connectivity index (χ0) is 18.7. The first-order chi connectivity index (χ1) is 11.5. The predicted molar refractivity (Wildman–Crippen MR) is 95.0 cm³/mol. The molecule has 1 amide bonds. The fourth-order valence-electron chi connectivity index (χ4n) is 3.04. The second-order valence-electron chi connectivity index (χ2n) is 7.92. The number of carbonyl (C=O) groups is 1. The molecule has 2 aliphatic heterocycles. The average Bonchev–Trinajstić information content (AvgIpc) is 2.40. The van der Waals surface area contributed by atoms with Gasteiger partial charge in [0, 0.05) is 58.3 Å². The number of carbonyl (C=O) groups excluding carboxylic acids is 1. The van der Waals surface area contributed by atoms with Gasteiger partial charge in [-0.15, -0.1) is 0 Å². The molecule has 146 valence electrons. The molecule has 0 N–H and O–H groups in total. The summed E-state index contributed by atoms with van der Waals surface area (Å²) in [4.78, 5) is 18.3. The third kappa shape index (κ3) is 7.47. The van der Waals surface area contributed by atoms with Crippen molar-refractivity contribution in [2.24, 2.45) is 5.92 Å². The number of rotatable bonds is 6. The minimum absolute atomic E-state index is 0.215. The molecule has 0 atom stereocenters. The number of amides is 1. The number of hydrogen-bond acceptors (Lipinski definition) is 7. The Kier molecular flexibility index (Phi) is 6.69. The fraction of sp³-hybridized carbons (Fsp3) is 0.938. The Labute approximate surface area is 151 Å². The summed E-state index contributed by atoms with van der Waals surface area (Å²) in [6.45, 7) is 12.7. The lowest BCUT2D eigenvalue weighted by molar-refractivity contribution is -0.00922. The number of ether oxygens (including phenoxy) is 1. The van der Waals surface area contributed by atoms with Gasteiger partial charge in [0.1, 0.15) is 5.60 Å². The van der Waals surface area contributed by atoms with E-state index in [4.69, 9.17) is 8.92 Å². The first-order valence-corrected chi connectivity index (χ1v) is 10.6. The van der Waals surface area contributed by atoms with Gasteiger partial charge in [-0.25, -0.2) is 4.79 Å². The van der Waals surface area contributed by atoms with Crippen molar-refractivity contribution in [2.45, 2.75) is 26.4 Å². The smallest absolute Gasteiger partial charge is 0.410 e. The van der Waals surface area contributed by atoms with E-state index in [1.807, 2.05) is 20.8 Å². The molecular formula is C16H31N3O5S. The lowest BCUT2D eigenvalue weighted by Gasteiger charge is -2.43. The summed E-state index contributed by atoms with van der Waals surface area (Å²) in [6, 6.07) is 0. The second kappa shape index (κ2) is 8.20. The van der Waals surface area contributed by atoms with Gasteiger partial charge in [0.05, 0.1) is 12.9 Å². The molecule has 0 spiro atoms. The molecule has 0 aliphatic carbocycles. The quantitative estimate of drug-likeness (QED) is 0.622. The Morgan fingerprint density at radius 1 is 1.08 bits per heavy atom. The third-order valence-corrected chi connectivity index (χ3v) is 4.89. The van der Waals surface area contributed by atoms with E-state index in [-0.39, 0.29) is 12.7 Å². The van der Waals surface area contributed by atoms with Crippen LogP contribution in [0.5, 0.6) is 0 Å². The molecule has 2 aliphatic rings. The van der Waals surface area contributed by atoms with E-state index in [0.29, 0.717) is 12.5 Å². The zero-order valence-corrected chi connectivity index (χ0v) is 16.5. The van der Waals surface area contributed by atoms with E-state index in [0.717, 1.165) is 52.1 Å². The highest BCUT2D eigenvalue weighted by atomic mass is 32.2. The van der Waals surface area contributed by atoms with Gasteiger partial charge in [0.15, 0.2) is 0 Å². The Morgan fingerprint density at radius 3 is 2.16 bits per heavy atom. The summed E-state index contributed by atoms with van der Waals surface area (Å²) in [5.74, 6) is 0.507. The standard InChI is InChI=1S/C16H31N3O5S/c1-16(2,3)24-15(20)19-12-14(13-19)11-18-7-5-17(6-8-18)9-10-23-25(4,21)22/h14H,5-13H2,1-4H3. The Bertz CT molecular complexity index is 547. The van der Waals surface area contributed by atoms with Gasteiger partial charge in [0.25, 0.3) is 10.1 Å². The first-order valence-electron chi connectivity index (χ1n) is 8.79. The minimum atomic E-state index is -3.35. The molecule has 9 heteroatoms. The lowest BCUT2D eigenvalue weighted by atomic mass is 10.00. The molecule has 0 aromatic heterocycles. The lowest BCUT2D eigenvalue weighted by Crippen LogP contribution is -2.57. The number of nitrogens with zero attached hydrogens (tertiary/aromatic N) is 3. The van der Waals surface area contributed by atoms with Crippen molar-refractivity contribution in [1.29, 1.82) is 0 Å². The van der Waals surface area contributed by atoms with Crippen molar-refractivity contribution in [1.82, 2.24) is 14.7 Å². The van der Waals surface area contributed by atoms with Crippen LogP contribution in [0.3, 0.4) is 0 Å². The summed E-state index contributed by atoms with van der Waals surface area (Å²) in [5, 5.41) is 0. The molecule has 25 heavy (non-hydrogen) atoms. The van der Waals surface area contributed by atoms with E-state index in [9.17, 15) is 13.2 Å². The molecule has 8 nitrogen and oxygen atoms in total. The summed E-state index contributed by atoms with van der Waals surface area (Å²) in [6.07, 6.45) is 0.851. The van der Waals surface area contributed by atoms with Crippen LogP contribution >= 0.6 is 0 Å². The normalized spacial score (nSPS) is 21.2. The molecule has 2 heterocycles. The van der Waals surface area contributed by atoms with E-state index in [1.165, 1.54) is 0 Å². The zero-order valence-electron chi connectivity index (χ0n) is 15.7. The van der Waals surface area contributed by atoms with Crippen LogP contribution in [0.2, 0.25) is 0 Å². The second-order valence-corrected chi connectivity index (χ2v) is 9.56. The van der Waals surface area contributed by atoms with Crippen LogP contribution in [0.4, 0.5) is 4.79 Å². The molecular weight excluding hydrogens is 346 g/mol. The van der Waals surface area contributed by atoms with Crippen LogP contribution < -0.4 is 0 Å². The largest absolute Gasteiger partial charge is 0.444 e. The topological polar surface area (TPSA) is 79.4 Å². The van der Waals surface area contributed by atoms with Gasteiger partial charge in [-0.3, -0.25) is 9.08 Å². The molecule has 2 saturated heterocycles. The van der Waals surface area contributed by atoms with Crippen molar-refractivity contribution in [3.63, 3.8) is 0 Å². The molecule has 2 rings (SSSR count). The molecule has 0 radical (unpaired) electrons. The minimum Gasteiger partial charge on any atom is -0.444 e. The molecule has 0 unspecified atom stereocenters. The number of hydrogen-bond donors (Lipinski definition) is 0. The maximum atomic E-state index is 11.9. The van der Waals surface area contributed by atoms with E-state index in [1.54, 1.807) is 4.90 Å². The van der Waals surface area contributed by atoms with Gasteiger partial charge < -0.3 is 14.5 Å². The predicted octanol–water partition coefficient (Wildman–Crippen LogP) is 0.447. The summed E-state index contributed by atoms with van der Waals surface area (Å²) < 4.78 is 32.1. The monoisotopic (exact) mass is 377 g/mol. The van der Waals surface area contributed by atoms with Crippen molar-refractivity contribution in [3.05, 3.63) is 0 Å². The third-order valence-electron chi connectivity index (χ3n) is 4.30. The van der Waals surface area contributed by atoms with E-state index < -0.39 is 15.7 Å². The number of piperazine rings is 1. The van der Waals surface area contributed by atoms with E-state index >= 15 is 0 Å². The van der Waals surface area contributed by atoms with Gasteiger partial charge in [-0.2, -0.15) is 8.42 Å². The van der Waals surface area contributed by atoms with Crippen LogP contribution in [-0.4, -0.2) is 100 Å². The van der Waals surface area contributed by atoms with Crippen LogP contribution in [0.25, 0.3) is 0 Å². The van der Waals surface area contributed by atoms with Gasteiger partial charge in [0.2, 0.25) is 0 Å². The first kappa shape index (κ1) is 20.4. The molecule has 0 aromatic carbocycles. The van der Waals surface area contributed by atoms with Crippen molar-refractivity contribution < 1.29 is 22.1 Å². The highest BCUT2D eigenvalue weighted by Crippen LogP contribution is 2.21. The van der Waals surface area contributed by atoms with Crippen LogP contribution in [0.15, 0.2) is 0 Å². The van der Waals surface area contributed by atoms with Gasteiger partial charge in [-0.05, 0) is 20.8 Å². The van der Waals surface area contributed by atoms with Gasteiger partial charge in [-0.1, -0.05) is 0 Å².